The van der Waals surface area contributed by atoms with E-state index in [1.807, 2.05) is 0 Å². The average Bonchev–Trinajstić information content (AvgIpc) is 2.52. The first-order valence-corrected chi connectivity index (χ1v) is 8.97. The normalized spacial score (nSPS) is 22.8. The Morgan fingerprint density at radius 3 is 2.59 bits per heavy atom. The van der Waals surface area contributed by atoms with Crippen LogP contribution in [0.3, 0.4) is 0 Å². The molecule has 1 heterocycles. The minimum absolute atomic E-state index is 0.0149. The van der Waals surface area contributed by atoms with Crippen molar-refractivity contribution in [1.29, 1.82) is 0 Å². The van der Waals surface area contributed by atoms with Gasteiger partial charge in [0.1, 0.15) is 11.5 Å². The van der Waals surface area contributed by atoms with Crippen LogP contribution in [0.5, 0.6) is 0 Å². The minimum Gasteiger partial charge on any atom is -0.505 e. The lowest BCUT2D eigenvalue weighted by molar-refractivity contribution is 0.139. The van der Waals surface area contributed by atoms with Crippen LogP contribution in [0.1, 0.15) is 37.7 Å². The molecular weight excluding hydrogens is 304 g/mol. The van der Waals surface area contributed by atoms with Crippen molar-refractivity contribution in [3.05, 3.63) is 35.5 Å². The van der Waals surface area contributed by atoms with Gasteiger partial charge in [0.05, 0.1) is 4.90 Å². The van der Waals surface area contributed by atoms with Crippen LogP contribution in [-0.2, 0) is 10.0 Å². The fourth-order valence-corrected chi connectivity index (χ4v) is 4.37. The van der Waals surface area contributed by atoms with Crippen LogP contribution < -0.4 is 10.0 Å². The third kappa shape index (κ3) is 2.84. The molecule has 0 saturated heterocycles. The molecule has 1 aliphatic carbocycles. The van der Waals surface area contributed by atoms with Crippen molar-refractivity contribution in [2.45, 2.75) is 49.3 Å². The van der Waals surface area contributed by atoms with E-state index in [9.17, 15) is 18.6 Å². The Bertz CT molecular complexity index is 693. The van der Waals surface area contributed by atoms with Gasteiger partial charge in [-0.15, -0.1) is 0 Å². The third-order valence-corrected chi connectivity index (χ3v) is 5.63. The number of aliphatic hydroxyl groups excluding tert-OH is 2. The molecule has 1 saturated carbocycles. The van der Waals surface area contributed by atoms with Crippen molar-refractivity contribution >= 4 is 15.8 Å². The molecule has 4 N–H and O–H groups in total. The van der Waals surface area contributed by atoms with E-state index in [4.69, 9.17) is 0 Å². The standard InChI is InChI=1S/C15H20N2O4S/c18-14-11-8-4-5-9-12(11)22(20,21)17-13(14)15(19)16-10-6-2-1-3-7-10/h4-5,8-10,15-19H,1-3,6-7H2. The monoisotopic (exact) mass is 324 g/mol. The summed E-state index contributed by atoms with van der Waals surface area (Å²) in [6.45, 7) is 0. The molecule has 1 fully saturated rings. The van der Waals surface area contributed by atoms with Crippen LogP contribution in [0.25, 0.3) is 5.76 Å². The number of rotatable bonds is 3. The molecular formula is C15H20N2O4S. The number of fused-ring (bicyclic) bond motifs is 1. The summed E-state index contributed by atoms with van der Waals surface area (Å²) in [7, 11) is -3.78. The molecule has 6 nitrogen and oxygen atoms in total. The zero-order valence-corrected chi connectivity index (χ0v) is 12.9. The van der Waals surface area contributed by atoms with Gasteiger partial charge < -0.3 is 10.2 Å². The predicted octanol–water partition coefficient (Wildman–Crippen LogP) is 1.45. The largest absolute Gasteiger partial charge is 0.505 e. The highest BCUT2D eigenvalue weighted by Gasteiger charge is 2.33. The summed E-state index contributed by atoms with van der Waals surface area (Å²) in [5.41, 5.74) is 0.102. The number of sulfonamides is 1. The quantitative estimate of drug-likeness (QED) is 0.631. The van der Waals surface area contributed by atoms with Gasteiger partial charge in [0.15, 0.2) is 6.23 Å². The molecule has 1 aliphatic heterocycles. The third-order valence-electron chi connectivity index (χ3n) is 4.20. The van der Waals surface area contributed by atoms with Crippen molar-refractivity contribution in [3.8, 4) is 0 Å². The van der Waals surface area contributed by atoms with Gasteiger partial charge in [-0.1, -0.05) is 31.4 Å². The Hall–Kier alpha value is -1.57. The fourth-order valence-electron chi connectivity index (χ4n) is 3.05. The van der Waals surface area contributed by atoms with E-state index in [0.29, 0.717) is 0 Å². The van der Waals surface area contributed by atoms with Crippen LogP contribution in [0.15, 0.2) is 34.9 Å². The van der Waals surface area contributed by atoms with Crippen LogP contribution in [0.4, 0.5) is 0 Å². The molecule has 3 rings (SSSR count). The molecule has 7 heteroatoms. The molecule has 1 aromatic carbocycles. The van der Waals surface area contributed by atoms with Crippen LogP contribution in [-0.4, -0.2) is 30.9 Å². The van der Waals surface area contributed by atoms with Gasteiger partial charge >= 0.3 is 0 Å². The van der Waals surface area contributed by atoms with Crippen molar-refractivity contribution in [3.63, 3.8) is 0 Å². The Balaban J connectivity index is 1.89. The highest BCUT2D eigenvalue weighted by molar-refractivity contribution is 7.89. The van der Waals surface area contributed by atoms with Crippen LogP contribution in [0.2, 0.25) is 0 Å². The highest BCUT2D eigenvalue weighted by Crippen LogP contribution is 2.30. The molecule has 1 aromatic rings. The summed E-state index contributed by atoms with van der Waals surface area (Å²) in [5.74, 6) is -0.235. The van der Waals surface area contributed by atoms with Crippen molar-refractivity contribution < 1.29 is 18.6 Å². The first-order valence-electron chi connectivity index (χ1n) is 7.48. The summed E-state index contributed by atoms with van der Waals surface area (Å²) in [4.78, 5) is 0.0149. The summed E-state index contributed by atoms with van der Waals surface area (Å²) < 4.78 is 26.7. The molecule has 120 valence electrons. The van der Waals surface area contributed by atoms with E-state index in [1.165, 1.54) is 18.6 Å². The summed E-state index contributed by atoms with van der Waals surface area (Å²) >= 11 is 0. The van der Waals surface area contributed by atoms with Gasteiger partial charge in [-0.2, -0.15) is 0 Å². The highest BCUT2D eigenvalue weighted by atomic mass is 32.2. The molecule has 2 aliphatic rings. The lowest BCUT2D eigenvalue weighted by Crippen LogP contribution is -2.46. The molecule has 0 aromatic heterocycles. The molecule has 0 radical (unpaired) electrons. The molecule has 0 spiro atoms. The Morgan fingerprint density at radius 1 is 1.18 bits per heavy atom. The number of hydrogen-bond donors (Lipinski definition) is 4. The summed E-state index contributed by atoms with van der Waals surface area (Å²) in [5, 5.41) is 23.6. The second-order valence-electron chi connectivity index (χ2n) is 5.77. The Morgan fingerprint density at radius 2 is 1.86 bits per heavy atom. The van der Waals surface area contributed by atoms with Gasteiger partial charge in [0.2, 0.25) is 0 Å². The van der Waals surface area contributed by atoms with E-state index in [2.05, 4.69) is 10.0 Å². The number of aliphatic hydroxyl groups is 2. The minimum atomic E-state index is -3.78. The van der Waals surface area contributed by atoms with E-state index in [-0.39, 0.29) is 28.0 Å². The van der Waals surface area contributed by atoms with E-state index >= 15 is 0 Å². The molecule has 1 unspecified atom stereocenters. The van der Waals surface area contributed by atoms with E-state index in [0.717, 1.165) is 25.7 Å². The maximum atomic E-state index is 12.2. The Labute approximate surface area is 129 Å². The topological polar surface area (TPSA) is 98.7 Å². The van der Waals surface area contributed by atoms with Crippen molar-refractivity contribution in [2.75, 3.05) is 0 Å². The molecule has 22 heavy (non-hydrogen) atoms. The number of benzene rings is 1. The lowest BCUT2D eigenvalue weighted by Gasteiger charge is -2.29. The van der Waals surface area contributed by atoms with E-state index < -0.39 is 16.3 Å². The maximum absolute atomic E-state index is 12.2. The zero-order valence-electron chi connectivity index (χ0n) is 12.1. The van der Waals surface area contributed by atoms with Crippen molar-refractivity contribution in [1.82, 2.24) is 10.0 Å². The molecule has 0 amide bonds. The van der Waals surface area contributed by atoms with Crippen LogP contribution in [0, 0.1) is 0 Å². The summed E-state index contributed by atoms with van der Waals surface area (Å²) in [6, 6.07) is 6.31. The van der Waals surface area contributed by atoms with Gasteiger partial charge in [0, 0.05) is 11.6 Å². The zero-order chi connectivity index (χ0) is 15.7. The van der Waals surface area contributed by atoms with Crippen LogP contribution >= 0.6 is 0 Å². The average molecular weight is 324 g/mol. The smallest absolute Gasteiger partial charge is 0.262 e. The SMILES string of the molecule is O=S1(=O)NC(C(O)NC2CCCCC2)=C(O)c2ccccc21. The first kappa shape index (κ1) is 15.3. The summed E-state index contributed by atoms with van der Waals surface area (Å²) in [6.07, 6.45) is 3.99. The second kappa shape index (κ2) is 5.91. The lowest BCUT2D eigenvalue weighted by atomic mass is 9.95. The first-order chi connectivity index (χ1) is 10.5. The fraction of sp³-hybridized carbons (Fsp3) is 0.467. The molecule has 0 bridgehead atoms. The van der Waals surface area contributed by atoms with E-state index in [1.54, 1.807) is 12.1 Å². The number of hydrogen-bond acceptors (Lipinski definition) is 5. The Kier molecular flexibility index (Phi) is 4.12. The van der Waals surface area contributed by atoms with Crippen molar-refractivity contribution in [2.24, 2.45) is 0 Å². The van der Waals surface area contributed by atoms with Gasteiger partial charge in [0.25, 0.3) is 10.0 Å². The van der Waals surface area contributed by atoms with Gasteiger partial charge in [-0.25, -0.2) is 8.42 Å². The predicted molar refractivity (Wildman–Crippen MR) is 82.3 cm³/mol. The number of nitrogens with one attached hydrogen (secondary N) is 2. The van der Waals surface area contributed by atoms with Gasteiger partial charge in [-0.3, -0.25) is 10.0 Å². The molecule has 1 atom stereocenters. The maximum Gasteiger partial charge on any atom is 0.262 e. The second-order valence-corrected chi connectivity index (χ2v) is 7.42. The van der Waals surface area contributed by atoms with Gasteiger partial charge in [-0.05, 0) is 25.0 Å².